The van der Waals surface area contributed by atoms with Gasteiger partial charge in [-0.05, 0) is 54.1 Å². The van der Waals surface area contributed by atoms with Gasteiger partial charge in [-0.1, -0.05) is 46.3 Å². The second-order valence-electron chi connectivity index (χ2n) is 6.30. The van der Waals surface area contributed by atoms with Gasteiger partial charge >= 0.3 is 5.97 Å². The van der Waals surface area contributed by atoms with Crippen molar-refractivity contribution in [1.29, 1.82) is 0 Å². The third-order valence-electron chi connectivity index (χ3n) is 4.23. The molecule has 0 aromatic heterocycles. The predicted octanol–water partition coefficient (Wildman–Crippen LogP) is 5.51. The molecule has 0 saturated heterocycles. The fourth-order valence-electron chi connectivity index (χ4n) is 2.75. The Labute approximate surface area is 175 Å². The van der Waals surface area contributed by atoms with E-state index in [1.54, 1.807) is 24.3 Å². The third-order valence-corrected chi connectivity index (χ3v) is 4.76. The van der Waals surface area contributed by atoms with Crippen molar-refractivity contribution in [2.24, 2.45) is 4.99 Å². The minimum atomic E-state index is -0.517. The zero-order valence-electron chi connectivity index (χ0n) is 15.1. The molecule has 4 rings (SSSR count). The van der Waals surface area contributed by atoms with Crippen molar-refractivity contribution < 1.29 is 18.7 Å². The number of aliphatic imine (C=N–C) groups is 1. The van der Waals surface area contributed by atoms with E-state index in [9.17, 15) is 9.18 Å². The minimum absolute atomic E-state index is 0.195. The molecule has 144 valence electrons. The summed E-state index contributed by atoms with van der Waals surface area (Å²) in [5, 5.41) is 0. The second-order valence-corrected chi connectivity index (χ2v) is 7.21. The lowest BCUT2D eigenvalue weighted by Gasteiger charge is -2.09. The molecule has 0 radical (unpaired) electrons. The molecule has 0 amide bonds. The molecular formula is C23H15BrFNO3. The summed E-state index contributed by atoms with van der Waals surface area (Å²) >= 11 is 3.37. The number of carbonyl (C=O) groups excluding carboxylic acids is 1. The Morgan fingerprint density at radius 3 is 2.48 bits per heavy atom. The molecule has 29 heavy (non-hydrogen) atoms. The van der Waals surface area contributed by atoms with Gasteiger partial charge in [0.1, 0.15) is 18.2 Å². The first-order valence-electron chi connectivity index (χ1n) is 8.83. The molecule has 3 aromatic carbocycles. The molecule has 0 fully saturated rings. The summed E-state index contributed by atoms with van der Waals surface area (Å²) < 4.78 is 25.1. The summed E-state index contributed by atoms with van der Waals surface area (Å²) in [6.07, 6.45) is 1.63. The number of para-hydroxylation sites is 1. The van der Waals surface area contributed by atoms with Crippen LogP contribution in [-0.4, -0.2) is 11.9 Å². The maximum Gasteiger partial charge on any atom is 0.363 e. The van der Waals surface area contributed by atoms with E-state index in [0.29, 0.717) is 16.9 Å². The molecule has 0 saturated carbocycles. The summed E-state index contributed by atoms with van der Waals surface area (Å²) in [5.41, 5.74) is 2.44. The molecule has 0 N–H and O–H groups in total. The molecule has 1 aliphatic heterocycles. The fraction of sp³-hybridized carbons (Fsp3) is 0.0435. The van der Waals surface area contributed by atoms with Crippen LogP contribution in [0.2, 0.25) is 0 Å². The van der Waals surface area contributed by atoms with Crippen molar-refractivity contribution in [2.45, 2.75) is 6.61 Å². The lowest BCUT2D eigenvalue weighted by atomic mass is 10.1. The van der Waals surface area contributed by atoms with Gasteiger partial charge in [-0.3, -0.25) is 0 Å². The van der Waals surface area contributed by atoms with Crippen LogP contribution in [0.25, 0.3) is 6.08 Å². The number of rotatable bonds is 5. The maximum absolute atomic E-state index is 13.0. The average Bonchev–Trinajstić information content (AvgIpc) is 3.09. The summed E-state index contributed by atoms with van der Waals surface area (Å²) in [5.74, 6) is 0.0391. The first-order valence-corrected chi connectivity index (χ1v) is 9.62. The van der Waals surface area contributed by atoms with Gasteiger partial charge in [-0.2, -0.15) is 0 Å². The van der Waals surface area contributed by atoms with Gasteiger partial charge in [0.05, 0.1) is 0 Å². The van der Waals surface area contributed by atoms with E-state index in [-0.39, 0.29) is 24.0 Å². The minimum Gasteiger partial charge on any atom is -0.488 e. The number of nitrogens with zero attached hydrogens (tertiary/aromatic N) is 1. The van der Waals surface area contributed by atoms with Gasteiger partial charge in [-0.15, -0.1) is 0 Å². The normalized spacial score (nSPS) is 14.6. The van der Waals surface area contributed by atoms with Gasteiger partial charge in [0.2, 0.25) is 5.90 Å². The highest BCUT2D eigenvalue weighted by molar-refractivity contribution is 9.10. The Morgan fingerprint density at radius 1 is 1.00 bits per heavy atom. The first-order chi connectivity index (χ1) is 14.1. The summed E-state index contributed by atoms with van der Waals surface area (Å²) in [7, 11) is 0. The molecular weight excluding hydrogens is 437 g/mol. The molecule has 1 aliphatic rings. The van der Waals surface area contributed by atoms with Crippen molar-refractivity contribution in [3.05, 3.63) is 105 Å². The number of hydrogen-bond donors (Lipinski definition) is 0. The van der Waals surface area contributed by atoms with Crippen molar-refractivity contribution in [3.8, 4) is 5.75 Å². The summed E-state index contributed by atoms with van der Waals surface area (Å²) in [6.45, 7) is 0.276. The monoisotopic (exact) mass is 451 g/mol. The van der Waals surface area contributed by atoms with Gasteiger partial charge in [0, 0.05) is 15.6 Å². The number of halogens is 2. The van der Waals surface area contributed by atoms with Crippen LogP contribution < -0.4 is 4.74 Å². The Morgan fingerprint density at radius 2 is 1.72 bits per heavy atom. The lowest BCUT2D eigenvalue weighted by molar-refractivity contribution is -0.129. The maximum atomic E-state index is 13.0. The van der Waals surface area contributed by atoms with E-state index >= 15 is 0 Å². The molecule has 4 nitrogen and oxygen atoms in total. The molecule has 0 atom stereocenters. The Balaban J connectivity index is 1.56. The molecule has 3 aromatic rings. The topological polar surface area (TPSA) is 47.9 Å². The van der Waals surface area contributed by atoms with Crippen LogP contribution in [0.4, 0.5) is 4.39 Å². The van der Waals surface area contributed by atoms with E-state index < -0.39 is 5.97 Å². The zero-order chi connectivity index (χ0) is 20.2. The Hall–Kier alpha value is -3.25. The van der Waals surface area contributed by atoms with E-state index in [2.05, 4.69) is 20.9 Å². The summed E-state index contributed by atoms with van der Waals surface area (Å²) in [4.78, 5) is 16.6. The zero-order valence-corrected chi connectivity index (χ0v) is 16.7. The predicted molar refractivity (Wildman–Crippen MR) is 112 cm³/mol. The van der Waals surface area contributed by atoms with E-state index in [1.807, 2.05) is 42.5 Å². The molecule has 0 aliphatic carbocycles. The van der Waals surface area contributed by atoms with Crippen molar-refractivity contribution in [2.75, 3.05) is 0 Å². The molecule has 0 spiro atoms. The number of hydrogen-bond acceptors (Lipinski definition) is 4. The number of ether oxygens (including phenoxy) is 2. The largest absolute Gasteiger partial charge is 0.488 e. The van der Waals surface area contributed by atoms with Gasteiger partial charge in [0.25, 0.3) is 0 Å². The van der Waals surface area contributed by atoms with Gasteiger partial charge in [0.15, 0.2) is 5.70 Å². The van der Waals surface area contributed by atoms with Crippen LogP contribution in [0.15, 0.2) is 88.0 Å². The van der Waals surface area contributed by atoms with Crippen molar-refractivity contribution in [3.63, 3.8) is 0 Å². The second kappa shape index (κ2) is 8.41. The smallest absolute Gasteiger partial charge is 0.363 e. The van der Waals surface area contributed by atoms with Gasteiger partial charge in [-0.25, -0.2) is 14.2 Å². The number of benzene rings is 3. The highest BCUT2D eigenvalue weighted by Gasteiger charge is 2.24. The number of cyclic esters (lactones) is 1. The standard InChI is InChI=1S/C23H15BrFNO3/c24-18-9-7-16(8-10-18)22-26-20(23(27)29-22)13-17-3-1-2-4-21(17)28-14-15-5-11-19(25)12-6-15/h1-13H,14H2/b20-13-. The SMILES string of the molecule is O=C1OC(c2ccc(Br)cc2)=N/C1=C\c1ccccc1OCc1ccc(F)cc1. The van der Waals surface area contributed by atoms with Crippen LogP contribution in [0, 0.1) is 5.82 Å². The number of carbonyl (C=O) groups is 1. The Kier molecular flexibility index (Phi) is 5.53. The molecule has 6 heteroatoms. The fourth-order valence-corrected chi connectivity index (χ4v) is 3.01. The third kappa shape index (κ3) is 4.60. The number of esters is 1. The summed E-state index contributed by atoms with van der Waals surface area (Å²) in [6, 6.07) is 20.8. The average molecular weight is 452 g/mol. The van der Waals surface area contributed by atoms with Crippen LogP contribution >= 0.6 is 15.9 Å². The van der Waals surface area contributed by atoms with Gasteiger partial charge < -0.3 is 9.47 Å². The van der Waals surface area contributed by atoms with Crippen LogP contribution in [0.3, 0.4) is 0 Å². The van der Waals surface area contributed by atoms with Crippen molar-refractivity contribution in [1.82, 2.24) is 0 Å². The highest BCUT2D eigenvalue weighted by Crippen LogP contribution is 2.26. The molecule has 0 bridgehead atoms. The Bertz CT molecular complexity index is 1110. The quantitative estimate of drug-likeness (QED) is 0.379. The van der Waals surface area contributed by atoms with Crippen LogP contribution in [0.5, 0.6) is 5.75 Å². The first kappa shape index (κ1) is 19.1. The van der Waals surface area contributed by atoms with Crippen LogP contribution in [0.1, 0.15) is 16.7 Å². The van der Waals surface area contributed by atoms with E-state index in [1.165, 1.54) is 12.1 Å². The van der Waals surface area contributed by atoms with Crippen molar-refractivity contribution >= 4 is 33.9 Å². The van der Waals surface area contributed by atoms with E-state index in [0.717, 1.165) is 10.0 Å². The van der Waals surface area contributed by atoms with Crippen LogP contribution in [-0.2, 0) is 16.1 Å². The highest BCUT2D eigenvalue weighted by atomic mass is 79.9. The van der Waals surface area contributed by atoms with E-state index in [4.69, 9.17) is 9.47 Å². The lowest BCUT2D eigenvalue weighted by Crippen LogP contribution is -2.05. The molecule has 1 heterocycles. The molecule has 0 unspecified atom stereocenters.